The van der Waals surface area contributed by atoms with E-state index in [4.69, 9.17) is 21.1 Å². The maximum Gasteiger partial charge on any atom is 0.134 e. The summed E-state index contributed by atoms with van der Waals surface area (Å²) in [5, 5.41) is 0. The van der Waals surface area contributed by atoms with E-state index < -0.39 is 0 Å². The first kappa shape index (κ1) is 11.4. The van der Waals surface area contributed by atoms with Crippen molar-refractivity contribution in [3.63, 3.8) is 0 Å². The van der Waals surface area contributed by atoms with Crippen LogP contribution in [0, 0.1) is 5.92 Å². The van der Waals surface area contributed by atoms with Gasteiger partial charge in [-0.25, -0.2) is 0 Å². The molecular weight excluding hydrogens is 180 g/mol. The maximum atomic E-state index is 5.66. The van der Waals surface area contributed by atoms with Crippen LogP contribution in [0.25, 0.3) is 0 Å². The Balaban J connectivity index is 3.34. The standard InChI is InChI=1S/C7H17ClO2Si/c1-6(4-8)5-11-7(9-2)10-3/h6-7H,4-5,11H2,1-3H3. The van der Waals surface area contributed by atoms with Crippen molar-refractivity contribution in [2.45, 2.75) is 18.9 Å². The average molecular weight is 197 g/mol. The molecule has 0 amide bonds. The van der Waals surface area contributed by atoms with E-state index in [0.29, 0.717) is 5.92 Å². The van der Waals surface area contributed by atoms with Crippen LogP contribution in [0.2, 0.25) is 6.04 Å². The summed E-state index contributed by atoms with van der Waals surface area (Å²) in [5.74, 6) is 1.42. The molecule has 0 aromatic rings. The molecule has 0 fully saturated rings. The Labute approximate surface area is 76.0 Å². The summed E-state index contributed by atoms with van der Waals surface area (Å²) in [6, 6.07) is 1.19. The number of rotatable bonds is 6. The molecule has 0 N–H and O–H groups in total. The number of methoxy groups -OCH3 is 2. The normalized spacial score (nSPS) is 15.0. The van der Waals surface area contributed by atoms with Crippen molar-refractivity contribution in [3.05, 3.63) is 0 Å². The van der Waals surface area contributed by atoms with Gasteiger partial charge in [0.05, 0.1) is 9.52 Å². The predicted molar refractivity (Wildman–Crippen MR) is 51.0 cm³/mol. The third-order valence-electron chi connectivity index (χ3n) is 1.68. The van der Waals surface area contributed by atoms with Crippen molar-refractivity contribution < 1.29 is 9.47 Å². The summed E-state index contributed by atoms with van der Waals surface area (Å²) in [6.07, 6.45) is 0. The lowest BCUT2D eigenvalue weighted by molar-refractivity contribution is -0.0442. The SMILES string of the molecule is COC(OC)[SiH2]CC(C)CCl. The van der Waals surface area contributed by atoms with Crippen molar-refractivity contribution >= 4 is 21.1 Å². The van der Waals surface area contributed by atoms with E-state index >= 15 is 0 Å². The fraction of sp³-hybridized carbons (Fsp3) is 1.00. The minimum Gasteiger partial charge on any atom is -0.360 e. The predicted octanol–water partition coefficient (Wildman–Crippen LogP) is 1.02. The fourth-order valence-electron chi connectivity index (χ4n) is 0.830. The number of hydrogen-bond acceptors (Lipinski definition) is 2. The van der Waals surface area contributed by atoms with Gasteiger partial charge in [-0.05, 0) is 5.92 Å². The Morgan fingerprint density at radius 3 is 2.27 bits per heavy atom. The first-order valence-corrected chi connectivity index (χ1v) is 6.21. The van der Waals surface area contributed by atoms with Crippen LogP contribution in [-0.2, 0) is 9.47 Å². The molecule has 0 saturated heterocycles. The molecule has 0 aliphatic carbocycles. The van der Waals surface area contributed by atoms with Gasteiger partial charge in [-0.15, -0.1) is 11.6 Å². The second kappa shape index (κ2) is 7.10. The van der Waals surface area contributed by atoms with Gasteiger partial charge in [0, 0.05) is 20.1 Å². The second-order valence-corrected chi connectivity index (χ2v) is 4.87. The van der Waals surface area contributed by atoms with E-state index in [2.05, 4.69) is 6.92 Å². The third-order valence-corrected chi connectivity index (χ3v) is 4.67. The van der Waals surface area contributed by atoms with E-state index in [9.17, 15) is 0 Å². The van der Waals surface area contributed by atoms with Gasteiger partial charge < -0.3 is 9.47 Å². The summed E-state index contributed by atoms with van der Waals surface area (Å²) in [6.45, 7) is 2.16. The van der Waals surface area contributed by atoms with E-state index in [1.54, 1.807) is 14.2 Å². The fourth-order valence-corrected chi connectivity index (χ4v) is 2.76. The summed E-state index contributed by atoms with van der Waals surface area (Å²) in [5.41, 5.74) is 0. The van der Waals surface area contributed by atoms with Gasteiger partial charge in [-0.1, -0.05) is 13.0 Å². The summed E-state index contributed by atoms with van der Waals surface area (Å²) < 4.78 is 10.2. The minimum absolute atomic E-state index is 0.0701. The van der Waals surface area contributed by atoms with Crippen LogP contribution in [0.4, 0.5) is 0 Å². The number of ether oxygens (including phenoxy) is 2. The Morgan fingerprint density at radius 1 is 1.36 bits per heavy atom. The monoisotopic (exact) mass is 196 g/mol. The van der Waals surface area contributed by atoms with Gasteiger partial charge in [-0.3, -0.25) is 0 Å². The van der Waals surface area contributed by atoms with Crippen LogP contribution in [-0.4, -0.2) is 35.5 Å². The zero-order chi connectivity index (χ0) is 8.69. The van der Waals surface area contributed by atoms with Crippen molar-refractivity contribution in [2.24, 2.45) is 5.92 Å². The lowest BCUT2D eigenvalue weighted by Crippen LogP contribution is -2.22. The van der Waals surface area contributed by atoms with Crippen LogP contribution in [0.1, 0.15) is 6.92 Å². The smallest absolute Gasteiger partial charge is 0.134 e. The molecule has 2 nitrogen and oxygen atoms in total. The topological polar surface area (TPSA) is 18.5 Å². The van der Waals surface area contributed by atoms with Gasteiger partial charge in [-0.2, -0.15) is 0 Å². The van der Waals surface area contributed by atoms with E-state index in [1.165, 1.54) is 6.04 Å². The maximum absolute atomic E-state index is 5.66. The molecular formula is C7H17ClO2Si. The molecule has 0 saturated carbocycles. The molecule has 1 unspecified atom stereocenters. The van der Waals surface area contributed by atoms with Gasteiger partial charge in [0.25, 0.3) is 0 Å². The van der Waals surface area contributed by atoms with Crippen LogP contribution < -0.4 is 0 Å². The molecule has 0 aromatic heterocycles. The highest BCUT2D eigenvalue weighted by Crippen LogP contribution is 2.05. The Morgan fingerprint density at radius 2 is 1.91 bits per heavy atom. The van der Waals surface area contributed by atoms with Crippen molar-refractivity contribution in [1.29, 1.82) is 0 Å². The molecule has 4 heteroatoms. The van der Waals surface area contributed by atoms with Gasteiger partial charge in [0.1, 0.15) is 5.91 Å². The molecule has 0 aliphatic rings. The zero-order valence-electron chi connectivity index (χ0n) is 7.47. The average Bonchev–Trinajstić information content (AvgIpc) is 2.06. The molecule has 0 heterocycles. The molecule has 0 spiro atoms. The molecule has 11 heavy (non-hydrogen) atoms. The van der Waals surface area contributed by atoms with Crippen LogP contribution in [0.5, 0.6) is 0 Å². The summed E-state index contributed by atoms with van der Waals surface area (Å²) in [7, 11) is 3.11. The highest BCUT2D eigenvalue weighted by Gasteiger charge is 2.08. The number of halogens is 1. The van der Waals surface area contributed by atoms with Gasteiger partial charge >= 0.3 is 0 Å². The lowest BCUT2D eigenvalue weighted by atomic mass is 10.3. The second-order valence-electron chi connectivity index (χ2n) is 2.74. The van der Waals surface area contributed by atoms with Crippen LogP contribution in [0.15, 0.2) is 0 Å². The molecule has 0 aliphatic heterocycles. The van der Waals surface area contributed by atoms with Gasteiger partial charge in [0.15, 0.2) is 0 Å². The highest BCUT2D eigenvalue weighted by atomic mass is 35.5. The Bertz CT molecular complexity index is 88.5. The minimum atomic E-state index is -0.262. The number of hydrogen-bond donors (Lipinski definition) is 0. The molecule has 1 atom stereocenters. The largest absolute Gasteiger partial charge is 0.360 e. The van der Waals surface area contributed by atoms with Gasteiger partial charge in [0.2, 0.25) is 0 Å². The van der Waals surface area contributed by atoms with E-state index in [0.717, 1.165) is 5.88 Å². The first-order chi connectivity index (χ1) is 5.24. The molecule has 0 radical (unpaired) electrons. The summed E-state index contributed by atoms with van der Waals surface area (Å²) >= 11 is 5.66. The highest BCUT2D eigenvalue weighted by molar-refractivity contribution is 6.36. The Hall–Kier alpha value is 0.427. The molecule has 68 valence electrons. The van der Waals surface area contributed by atoms with E-state index in [-0.39, 0.29) is 15.4 Å². The number of alkyl halides is 1. The van der Waals surface area contributed by atoms with E-state index in [1.807, 2.05) is 0 Å². The summed E-state index contributed by atoms with van der Waals surface area (Å²) in [4.78, 5) is 0. The van der Waals surface area contributed by atoms with Crippen molar-refractivity contribution in [3.8, 4) is 0 Å². The third kappa shape index (κ3) is 5.67. The van der Waals surface area contributed by atoms with Crippen LogP contribution in [0.3, 0.4) is 0 Å². The Kier molecular flexibility index (Phi) is 7.37. The lowest BCUT2D eigenvalue weighted by Gasteiger charge is -2.14. The molecule has 0 rings (SSSR count). The quantitative estimate of drug-likeness (QED) is 0.359. The first-order valence-electron chi connectivity index (χ1n) is 3.86. The van der Waals surface area contributed by atoms with Crippen molar-refractivity contribution in [2.75, 3.05) is 20.1 Å². The molecule has 0 bridgehead atoms. The molecule has 0 aromatic carbocycles. The van der Waals surface area contributed by atoms with Crippen LogP contribution >= 0.6 is 11.6 Å². The zero-order valence-corrected chi connectivity index (χ0v) is 9.64. The van der Waals surface area contributed by atoms with Crippen molar-refractivity contribution in [1.82, 2.24) is 0 Å².